The summed E-state index contributed by atoms with van der Waals surface area (Å²) in [5.74, 6) is 1.15. The second kappa shape index (κ2) is 10.8. The molecular formula is C21H28N2O6S. The van der Waals surface area contributed by atoms with E-state index in [1.807, 2.05) is 12.1 Å². The number of hydrogen-bond acceptors (Lipinski definition) is 6. The van der Waals surface area contributed by atoms with Crippen LogP contribution in [-0.4, -0.2) is 52.5 Å². The van der Waals surface area contributed by atoms with Gasteiger partial charge in [-0.2, -0.15) is 4.31 Å². The number of nitrogens with zero attached hydrogens (tertiary/aromatic N) is 1. The van der Waals surface area contributed by atoms with E-state index in [1.54, 1.807) is 33.1 Å². The van der Waals surface area contributed by atoms with E-state index < -0.39 is 10.0 Å². The van der Waals surface area contributed by atoms with E-state index >= 15 is 0 Å². The highest BCUT2D eigenvalue weighted by Gasteiger charge is 2.23. The average molecular weight is 437 g/mol. The average Bonchev–Trinajstić information content (AvgIpc) is 2.74. The van der Waals surface area contributed by atoms with Crippen molar-refractivity contribution in [2.75, 3.05) is 39.2 Å². The topological polar surface area (TPSA) is 94.2 Å². The van der Waals surface area contributed by atoms with Gasteiger partial charge in [-0.05, 0) is 30.3 Å². The second-order valence-electron chi connectivity index (χ2n) is 6.25. The number of carbonyl (C=O) groups is 1. The van der Waals surface area contributed by atoms with E-state index in [4.69, 9.17) is 14.2 Å². The predicted molar refractivity (Wildman–Crippen MR) is 115 cm³/mol. The zero-order valence-electron chi connectivity index (χ0n) is 17.7. The van der Waals surface area contributed by atoms with Crippen molar-refractivity contribution in [3.63, 3.8) is 0 Å². The van der Waals surface area contributed by atoms with Gasteiger partial charge in [-0.15, -0.1) is 0 Å². The van der Waals surface area contributed by atoms with Crippen LogP contribution in [0.4, 0.5) is 5.69 Å². The maximum absolute atomic E-state index is 12.8. The minimum absolute atomic E-state index is 0.0637. The summed E-state index contributed by atoms with van der Waals surface area (Å²) in [6.07, 6.45) is 0.0637. The minimum Gasteiger partial charge on any atom is -0.495 e. The van der Waals surface area contributed by atoms with Crippen molar-refractivity contribution in [2.24, 2.45) is 0 Å². The van der Waals surface area contributed by atoms with Gasteiger partial charge in [0.2, 0.25) is 15.9 Å². The van der Waals surface area contributed by atoms with Gasteiger partial charge in [0.05, 0.1) is 37.8 Å². The first-order valence-corrected chi connectivity index (χ1v) is 11.0. The Kier molecular flexibility index (Phi) is 8.49. The van der Waals surface area contributed by atoms with Gasteiger partial charge in [0.1, 0.15) is 5.75 Å². The lowest BCUT2D eigenvalue weighted by Crippen LogP contribution is -2.30. The summed E-state index contributed by atoms with van der Waals surface area (Å²) in [5, 5.41) is 2.71. The molecular weight excluding hydrogens is 408 g/mol. The lowest BCUT2D eigenvalue weighted by Gasteiger charge is -2.19. The molecule has 9 heteroatoms. The number of anilines is 1. The molecule has 0 radical (unpaired) electrons. The molecule has 2 aromatic carbocycles. The summed E-state index contributed by atoms with van der Waals surface area (Å²) in [4.78, 5) is 12.5. The van der Waals surface area contributed by atoms with E-state index in [9.17, 15) is 13.2 Å². The first-order chi connectivity index (χ1) is 14.4. The van der Waals surface area contributed by atoms with Crippen LogP contribution < -0.4 is 19.5 Å². The van der Waals surface area contributed by atoms with Crippen LogP contribution in [0.1, 0.15) is 20.3 Å². The fourth-order valence-electron chi connectivity index (χ4n) is 2.86. The van der Waals surface area contributed by atoms with E-state index in [-0.39, 0.29) is 29.5 Å². The highest BCUT2D eigenvalue weighted by molar-refractivity contribution is 7.89. The third-order valence-corrected chi connectivity index (χ3v) is 6.49. The van der Waals surface area contributed by atoms with Crippen molar-refractivity contribution in [1.29, 1.82) is 0 Å². The zero-order chi connectivity index (χ0) is 22.1. The van der Waals surface area contributed by atoms with Gasteiger partial charge < -0.3 is 19.5 Å². The van der Waals surface area contributed by atoms with Gasteiger partial charge in [-0.3, -0.25) is 4.79 Å². The van der Waals surface area contributed by atoms with Crippen LogP contribution >= 0.6 is 0 Å². The van der Waals surface area contributed by atoms with E-state index in [2.05, 4.69) is 5.32 Å². The summed E-state index contributed by atoms with van der Waals surface area (Å²) in [6, 6.07) is 11.5. The lowest BCUT2D eigenvalue weighted by atomic mass is 10.2. The number of carbonyl (C=O) groups excluding carboxylic acids is 1. The lowest BCUT2D eigenvalue weighted by molar-refractivity contribution is -0.116. The number of sulfonamides is 1. The third kappa shape index (κ3) is 5.64. The molecule has 1 N–H and O–H groups in total. The third-order valence-electron chi connectivity index (χ3n) is 4.44. The first kappa shape index (κ1) is 23.5. The molecule has 0 aliphatic carbocycles. The zero-order valence-corrected chi connectivity index (χ0v) is 18.5. The van der Waals surface area contributed by atoms with Gasteiger partial charge in [0, 0.05) is 13.1 Å². The number of methoxy groups -OCH3 is 2. The first-order valence-electron chi connectivity index (χ1n) is 9.61. The molecule has 164 valence electrons. The smallest absolute Gasteiger partial charge is 0.243 e. The van der Waals surface area contributed by atoms with Gasteiger partial charge in [0.25, 0.3) is 0 Å². The van der Waals surface area contributed by atoms with Crippen LogP contribution in [0.15, 0.2) is 47.4 Å². The molecule has 0 aromatic heterocycles. The summed E-state index contributed by atoms with van der Waals surface area (Å²) >= 11 is 0. The van der Waals surface area contributed by atoms with Crippen LogP contribution in [0.5, 0.6) is 17.2 Å². The number of benzene rings is 2. The van der Waals surface area contributed by atoms with Crippen molar-refractivity contribution < 1.29 is 27.4 Å². The van der Waals surface area contributed by atoms with Crippen LogP contribution in [0, 0.1) is 0 Å². The molecule has 8 nitrogen and oxygen atoms in total. The molecule has 0 saturated carbocycles. The van der Waals surface area contributed by atoms with E-state index in [1.165, 1.54) is 29.6 Å². The summed E-state index contributed by atoms with van der Waals surface area (Å²) in [7, 11) is -0.662. The summed E-state index contributed by atoms with van der Waals surface area (Å²) in [5.41, 5.74) is 0.285. The Bertz CT molecular complexity index is 958. The Labute approximate surface area is 177 Å². The molecule has 2 aromatic rings. The van der Waals surface area contributed by atoms with Crippen molar-refractivity contribution >= 4 is 21.6 Å². The fourth-order valence-corrected chi connectivity index (χ4v) is 4.35. The molecule has 0 heterocycles. The molecule has 0 spiro atoms. The number of hydrogen-bond donors (Lipinski definition) is 1. The maximum atomic E-state index is 12.8. The Balaban J connectivity index is 2.10. The van der Waals surface area contributed by atoms with Crippen molar-refractivity contribution in [2.45, 2.75) is 25.2 Å². The van der Waals surface area contributed by atoms with Gasteiger partial charge in [-0.25, -0.2) is 8.42 Å². The van der Waals surface area contributed by atoms with Gasteiger partial charge in [-0.1, -0.05) is 26.0 Å². The highest BCUT2D eigenvalue weighted by atomic mass is 32.2. The standard InChI is InChI=1S/C21H28N2O6S/c1-5-23(6-2)30(25,26)16-11-12-18(27-3)17(15-16)22-21(24)13-14-29-20-10-8-7-9-19(20)28-4/h7-12,15H,5-6,13-14H2,1-4H3,(H,22,24). The van der Waals surface area contributed by atoms with Gasteiger partial charge >= 0.3 is 0 Å². The van der Waals surface area contributed by atoms with Crippen molar-refractivity contribution in [3.8, 4) is 17.2 Å². The molecule has 0 bridgehead atoms. The van der Waals surface area contributed by atoms with Crippen LogP contribution in [-0.2, 0) is 14.8 Å². The number of rotatable bonds is 11. The molecule has 0 atom stereocenters. The number of para-hydroxylation sites is 2. The van der Waals surface area contributed by atoms with E-state index in [0.717, 1.165) is 0 Å². The maximum Gasteiger partial charge on any atom is 0.243 e. The monoisotopic (exact) mass is 436 g/mol. The molecule has 0 saturated heterocycles. The molecule has 1 amide bonds. The summed E-state index contributed by atoms with van der Waals surface area (Å²) < 4.78 is 43.0. The van der Waals surface area contributed by atoms with Crippen molar-refractivity contribution in [3.05, 3.63) is 42.5 Å². The Morgan fingerprint density at radius 2 is 1.60 bits per heavy atom. The molecule has 0 aliphatic rings. The predicted octanol–water partition coefficient (Wildman–Crippen LogP) is 3.14. The largest absolute Gasteiger partial charge is 0.495 e. The molecule has 0 unspecified atom stereocenters. The molecule has 0 fully saturated rings. The highest BCUT2D eigenvalue weighted by Crippen LogP contribution is 2.29. The normalized spacial score (nSPS) is 11.2. The van der Waals surface area contributed by atoms with Crippen LogP contribution in [0.25, 0.3) is 0 Å². The Morgan fingerprint density at radius 3 is 2.20 bits per heavy atom. The molecule has 30 heavy (non-hydrogen) atoms. The van der Waals surface area contributed by atoms with Gasteiger partial charge in [0.15, 0.2) is 11.5 Å². The molecule has 2 rings (SSSR count). The quantitative estimate of drug-likeness (QED) is 0.582. The minimum atomic E-state index is -3.66. The Hall–Kier alpha value is -2.78. The van der Waals surface area contributed by atoms with Crippen molar-refractivity contribution in [1.82, 2.24) is 4.31 Å². The van der Waals surface area contributed by atoms with E-state index in [0.29, 0.717) is 30.3 Å². The number of amides is 1. The van der Waals surface area contributed by atoms with Crippen LogP contribution in [0.3, 0.4) is 0 Å². The number of ether oxygens (including phenoxy) is 3. The number of nitrogens with one attached hydrogen (secondary N) is 1. The Morgan fingerprint density at radius 1 is 0.967 bits per heavy atom. The SMILES string of the molecule is CCN(CC)S(=O)(=O)c1ccc(OC)c(NC(=O)CCOc2ccccc2OC)c1. The summed E-state index contributed by atoms with van der Waals surface area (Å²) in [6.45, 7) is 4.38. The fraction of sp³-hybridized carbons (Fsp3) is 0.381. The second-order valence-corrected chi connectivity index (χ2v) is 8.19. The molecule has 0 aliphatic heterocycles. The van der Waals surface area contributed by atoms with Crippen LogP contribution in [0.2, 0.25) is 0 Å².